The lowest BCUT2D eigenvalue weighted by molar-refractivity contribution is -0.330. The Morgan fingerprint density at radius 1 is 0.955 bits per heavy atom. The fourth-order valence-electron chi connectivity index (χ4n) is 8.28. The average molecular weight is 607 g/mol. The van der Waals surface area contributed by atoms with E-state index in [1.807, 2.05) is 67.6 Å². The van der Waals surface area contributed by atoms with Crippen LogP contribution < -0.4 is 0 Å². The predicted octanol–water partition coefficient (Wildman–Crippen LogP) is 6.06. The molecular formula is C36H46O8. The largest absolute Gasteiger partial charge is 0.502 e. The number of carbonyl (C=O) groups excluding carboxylic acids is 2. The molecule has 2 aromatic rings. The normalized spacial score (nSPS) is 34.3. The second-order valence-electron chi connectivity index (χ2n) is 13.4. The summed E-state index contributed by atoms with van der Waals surface area (Å²) in [6.07, 6.45) is 0.574. The molecule has 2 aromatic carbocycles. The minimum atomic E-state index is -1.57. The lowest BCUT2D eigenvalue weighted by Crippen LogP contribution is -2.76. The van der Waals surface area contributed by atoms with Crippen LogP contribution in [0.25, 0.3) is 0 Å². The number of hydrogen-bond donors (Lipinski definition) is 2. The van der Waals surface area contributed by atoms with Crippen LogP contribution in [-0.4, -0.2) is 52.7 Å². The Bertz CT molecular complexity index is 1350. The molecule has 44 heavy (non-hydrogen) atoms. The predicted molar refractivity (Wildman–Crippen MR) is 164 cm³/mol. The maximum atomic E-state index is 12.9. The summed E-state index contributed by atoms with van der Waals surface area (Å²) >= 11 is 0. The Hall–Kier alpha value is -3.20. The maximum Gasteiger partial charge on any atom is 0.373 e. The average Bonchev–Trinajstić information content (AvgIpc) is 3.31. The van der Waals surface area contributed by atoms with Crippen molar-refractivity contribution in [2.75, 3.05) is 6.61 Å². The molecule has 2 aliphatic carbocycles. The number of cyclic esters (lactones) is 1. The topological polar surface area (TPSA) is 112 Å². The van der Waals surface area contributed by atoms with Crippen LogP contribution >= 0.6 is 0 Å². The van der Waals surface area contributed by atoms with Gasteiger partial charge >= 0.3 is 11.9 Å². The quantitative estimate of drug-likeness (QED) is 0.314. The molecular weight excluding hydrogens is 560 g/mol. The van der Waals surface area contributed by atoms with Crippen LogP contribution in [0.1, 0.15) is 71.4 Å². The van der Waals surface area contributed by atoms with Crippen LogP contribution in [0.2, 0.25) is 0 Å². The molecule has 0 aromatic heterocycles. The fraction of sp³-hybridized carbons (Fsp3) is 0.556. The summed E-state index contributed by atoms with van der Waals surface area (Å²) in [6, 6.07) is 19.8. The number of aliphatic hydroxyl groups is 2. The zero-order valence-corrected chi connectivity index (χ0v) is 26.5. The third-order valence-electron chi connectivity index (χ3n) is 11.1. The molecule has 8 heteroatoms. The molecule has 2 saturated carbocycles. The lowest BCUT2D eigenvalue weighted by atomic mass is 9.41. The molecule has 0 bridgehead atoms. The first-order valence-corrected chi connectivity index (χ1v) is 15.7. The van der Waals surface area contributed by atoms with Crippen molar-refractivity contribution in [2.45, 2.75) is 97.4 Å². The molecule has 0 saturated heterocycles. The molecule has 3 aliphatic rings. The highest BCUT2D eigenvalue weighted by molar-refractivity contribution is 5.89. The van der Waals surface area contributed by atoms with E-state index in [2.05, 4.69) is 13.8 Å². The minimum Gasteiger partial charge on any atom is -0.502 e. The van der Waals surface area contributed by atoms with Crippen LogP contribution in [0.4, 0.5) is 0 Å². The summed E-state index contributed by atoms with van der Waals surface area (Å²) in [4.78, 5) is 24.7. The lowest BCUT2D eigenvalue weighted by Gasteiger charge is -2.68. The molecule has 0 radical (unpaired) electrons. The monoisotopic (exact) mass is 606 g/mol. The number of benzene rings is 2. The van der Waals surface area contributed by atoms with E-state index >= 15 is 0 Å². The molecule has 5 rings (SSSR count). The van der Waals surface area contributed by atoms with E-state index < -0.39 is 52.4 Å². The van der Waals surface area contributed by atoms with Gasteiger partial charge in [0.05, 0.1) is 24.9 Å². The van der Waals surface area contributed by atoms with Crippen molar-refractivity contribution in [3.8, 4) is 0 Å². The van der Waals surface area contributed by atoms with Crippen molar-refractivity contribution in [1.82, 2.24) is 0 Å². The summed E-state index contributed by atoms with van der Waals surface area (Å²) in [5.74, 6) is -1.72. The van der Waals surface area contributed by atoms with Crippen LogP contribution in [-0.2, 0) is 41.8 Å². The number of esters is 2. The van der Waals surface area contributed by atoms with Gasteiger partial charge in [-0.2, -0.15) is 0 Å². The molecule has 2 fully saturated rings. The summed E-state index contributed by atoms with van der Waals surface area (Å²) in [7, 11) is 0. The summed E-state index contributed by atoms with van der Waals surface area (Å²) in [5, 5.41) is 23.5. The molecule has 0 spiro atoms. The van der Waals surface area contributed by atoms with Crippen molar-refractivity contribution in [1.29, 1.82) is 0 Å². The highest BCUT2D eigenvalue weighted by Crippen LogP contribution is 2.66. The van der Waals surface area contributed by atoms with Crippen LogP contribution in [0.15, 0.2) is 72.0 Å². The molecule has 2 N–H and O–H groups in total. The smallest absolute Gasteiger partial charge is 0.373 e. The van der Waals surface area contributed by atoms with Crippen molar-refractivity contribution < 1.29 is 38.7 Å². The first-order chi connectivity index (χ1) is 20.9. The molecule has 8 atom stereocenters. The Kier molecular flexibility index (Phi) is 9.26. The van der Waals surface area contributed by atoms with Crippen molar-refractivity contribution in [3.05, 3.63) is 83.1 Å². The van der Waals surface area contributed by atoms with Gasteiger partial charge in [-0.3, -0.25) is 4.79 Å². The standard InChI is InChI=1S/C36H46O8/c1-23-13-12-18-28-34(23,3)31(41-20-25-14-8-6-9-15-25)32(42-21-26-16-10-7-11-17-26)36(5,40)35(28,4)29(44-24(2)37)19-27-22-43-33(39)30(27)38/h6-11,14-17,23,28-29,31-32,38,40H,12-13,18-22H2,1-5H3/t23?,28-,29-,31-,32-,34-,35-,36-/m0/s1. The van der Waals surface area contributed by atoms with Crippen molar-refractivity contribution in [3.63, 3.8) is 0 Å². The van der Waals surface area contributed by atoms with E-state index in [1.54, 1.807) is 6.92 Å². The Morgan fingerprint density at radius 2 is 1.52 bits per heavy atom. The third-order valence-corrected chi connectivity index (χ3v) is 11.1. The van der Waals surface area contributed by atoms with Gasteiger partial charge in [-0.15, -0.1) is 0 Å². The number of fused-ring (bicyclic) bond motifs is 1. The zero-order chi connectivity index (χ0) is 31.7. The van der Waals surface area contributed by atoms with Gasteiger partial charge in [-0.05, 0) is 36.3 Å². The first kappa shape index (κ1) is 32.2. The fourth-order valence-corrected chi connectivity index (χ4v) is 8.28. The van der Waals surface area contributed by atoms with E-state index in [9.17, 15) is 19.8 Å². The number of aliphatic hydroxyl groups excluding tert-OH is 1. The molecule has 1 heterocycles. The van der Waals surface area contributed by atoms with E-state index in [1.165, 1.54) is 6.92 Å². The molecule has 0 amide bonds. The van der Waals surface area contributed by atoms with E-state index in [0.29, 0.717) is 12.2 Å². The van der Waals surface area contributed by atoms with Crippen LogP contribution in [0.3, 0.4) is 0 Å². The van der Waals surface area contributed by atoms with Crippen LogP contribution in [0.5, 0.6) is 0 Å². The van der Waals surface area contributed by atoms with Crippen molar-refractivity contribution in [2.24, 2.45) is 22.7 Å². The van der Waals surface area contributed by atoms with E-state index in [-0.39, 0.29) is 31.5 Å². The molecule has 8 nitrogen and oxygen atoms in total. The third kappa shape index (κ3) is 5.68. The first-order valence-electron chi connectivity index (χ1n) is 15.7. The molecule has 238 valence electrons. The van der Waals surface area contributed by atoms with E-state index in [4.69, 9.17) is 18.9 Å². The number of ether oxygens (including phenoxy) is 4. The van der Waals surface area contributed by atoms with Gasteiger partial charge in [0.15, 0.2) is 0 Å². The van der Waals surface area contributed by atoms with Gasteiger partial charge < -0.3 is 29.2 Å². The van der Waals surface area contributed by atoms with Gasteiger partial charge in [0.1, 0.15) is 18.8 Å². The number of carbonyl (C=O) groups is 2. The minimum absolute atomic E-state index is 0.0473. The molecule has 1 aliphatic heterocycles. The summed E-state index contributed by atoms with van der Waals surface area (Å²) in [5.41, 5.74) is -0.768. The van der Waals surface area contributed by atoms with Gasteiger partial charge in [0, 0.05) is 29.7 Å². The summed E-state index contributed by atoms with van der Waals surface area (Å²) < 4.78 is 24.8. The maximum absolute atomic E-state index is 12.9. The second-order valence-corrected chi connectivity index (χ2v) is 13.4. The SMILES string of the molecule is CC(=O)O[C@@H](CC1=C(O)C(=O)OC1)[C@]1(C)[C@H]2CCCC(C)[C@]2(C)[C@@H](OCc2ccccc2)[C@H](OCc2ccccc2)[C@]1(C)O. The zero-order valence-electron chi connectivity index (χ0n) is 26.5. The number of hydrogen-bond acceptors (Lipinski definition) is 8. The highest BCUT2D eigenvalue weighted by Gasteiger charge is 2.72. The van der Waals surface area contributed by atoms with Crippen LogP contribution in [0, 0.1) is 22.7 Å². The highest BCUT2D eigenvalue weighted by atomic mass is 16.6. The molecule has 1 unspecified atom stereocenters. The van der Waals surface area contributed by atoms with Gasteiger partial charge in [0.2, 0.25) is 5.76 Å². The second kappa shape index (κ2) is 12.7. The van der Waals surface area contributed by atoms with Crippen molar-refractivity contribution >= 4 is 11.9 Å². The van der Waals surface area contributed by atoms with Gasteiger partial charge in [-0.1, -0.05) is 94.3 Å². The summed E-state index contributed by atoms with van der Waals surface area (Å²) in [6.45, 7) is 10.1. The van der Waals surface area contributed by atoms with Gasteiger partial charge in [-0.25, -0.2) is 4.79 Å². The number of rotatable bonds is 10. The Morgan fingerprint density at radius 3 is 2.05 bits per heavy atom. The van der Waals surface area contributed by atoms with E-state index in [0.717, 1.165) is 30.4 Å². The Balaban J connectivity index is 1.63. The Labute approximate surface area is 260 Å². The van der Waals surface area contributed by atoms with Gasteiger partial charge in [0.25, 0.3) is 0 Å².